The van der Waals surface area contributed by atoms with Gasteiger partial charge in [0.1, 0.15) is 0 Å². The Hall–Kier alpha value is -5.24. The van der Waals surface area contributed by atoms with Crippen molar-refractivity contribution in [1.29, 1.82) is 0 Å². The van der Waals surface area contributed by atoms with Crippen LogP contribution in [0, 0.1) is 6.92 Å². The molecular formula is C49H52O. The number of aryl methyl sites for hydroxylation is 1. The average Bonchev–Trinajstić information content (AvgIpc) is 3.16. The second kappa shape index (κ2) is 20.3. The van der Waals surface area contributed by atoms with Crippen molar-refractivity contribution in [2.24, 2.45) is 0 Å². The summed E-state index contributed by atoms with van der Waals surface area (Å²) in [6, 6.07) is 47.3. The summed E-state index contributed by atoms with van der Waals surface area (Å²) in [5.74, 6) is -0.159. The molecule has 1 N–H and O–H groups in total. The molecule has 0 radical (unpaired) electrons. The van der Waals surface area contributed by atoms with Crippen LogP contribution in [-0.2, 0) is 6.42 Å². The fraction of sp³-hybridized carbons (Fsp3) is 0.184. The van der Waals surface area contributed by atoms with Crippen molar-refractivity contribution < 1.29 is 5.11 Å². The van der Waals surface area contributed by atoms with Crippen molar-refractivity contribution in [1.82, 2.24) is 0 Å². The van der Waals surface area contributed by atoms with Crippen molar-refractivity contribution in [3.05, 3.63) is 216 Å². The Labute approximate surface area is 301 Å². The van der Waals surface area contributed by atoms with Crippen molar-refractivity contribution in [3.8, 4) is 11.1 Å². The van der Waals surface area contributed by atoms with Crippen LogP contribution in [0.1, 0.15) is 72.9 Å². The molecule has 2 atom stereocenters. The maximum Gasteiger partial charge on any atom is 0.0683 e. The highest BCUT2D eigenvalue weighted by Gasteiger charge is 2.23. The van der Waals surface area contributed by atoms with E-state index in [1.54, 1.807) is 6.08 Å². The molecule has 5 aromatic carbocycles. The van der Waals surface area contributed by atoms with Crippen LogP contribution in [0.5, 0.6) is 0 Å². The first-order chi connectivity index (χ1) is 24.5. The SMILES string of the molecule is C=C/C=C\C=C/CC(O)C(c1ccccc1)c1cc(C)cc(-c2cccc(/C(=C/Cc3ccccc3)CC=C(C)c3ccccc3)c2)c1.CC. The molecule has 1 heteroatoms. The van der Waals surface area contributed by atoms with Gasteiger partial charge in [0.2, 0.25) is 0 Å². The monoisotopic (exact) mass is 656 g/mol. The minimum Gasteiger partial charge on any atom is -0.392 e. The molecule has 0 bridgehead atoms. The second-order valence-corrected chi connectivity index (χ2v) is 12.3. The Balaban J connectivity index is 0.00000276. The van der Waals surface area contributed by atoms with Gasteiger partial charge in [0.15, 0.2) is 0 Å². The molecule has 0 heterocycles. The van der Waals surface area contributed by atoms with E-state index in [0.717, 1.165) is 29.5 Å². The molecule has 5 aromatic rings. The Morgan fingerprint density at radius 2 is 1.32 bits per heavy atom. The van der Waals surface area contributed by atoms with E-state index in [1.165, 1.54) is 39.0 Å². The van der Waals surface area contributed by atoms with Crippen LogP contribution in [0.4, 0.5) is 0 Å². The Morgan fingerprint density at radius 3 is 2.02 bits per heavy atom. The van der Waals surface area contributed by atoms with Crippen LogP contribution < -0.4 is 0 Å². The second-order valence-electron chi connectivity index (χ2n) is 12.3. The third-order valence-corrected chi connectivity index (χ3v) is 8.73. The number of hydrogen-bond acceptors (Lipinski definition) is 1. The van der Waals surface area contributed by atoms with E-state index in [2.05, 4.69) is 160 Å². The zero-order valence-electron chi connectivity index (χ0n) is 30.2. The van der Waals surface area contributed by atoms with Crippen LogP contribution in [-0.4, -0.2) is 11.2 Å². The van der Waals surface area contributed by atoms with E-state index in [1.807, 2.05) is 44.2 Å². The highest BCUT2D eigenvalue weighted by Crippen LogP contribution is 2.35. The van der Waals surface area contributed by atoms with E-state index in [4.69, 9.17) is 0 Å². The van der Waals surface area contributed by atoms with Gasteiger partial charge in [-0.25, -0.2) is 0 Å². The predicted octanol–water partition coefficient (Wildman–Crippen LogP) is 13.0. The molecule has 0 amide bonds. The maximum absolute atomic E-state index is 11.6. The van der Waals surface area contributed by atoms with Crippen molar-refractivity contribution >= 4 is 11.1 Å². The molecule has 5 rings (SSSR count). The molecule has 0 saturated carbocycles. The Kier molecular flexibility index (Phi) is 15.3. The number of rotatable bonds is 14. The lowest BCUT2D eigenvalue weighted by molar-refractivity contribution is 0.159. The lowest BCUT2D eigenvalue weighted by atomic mass is 9.83. The molecule has 0 aliphatic heterocycles. The van der Waals surface area contributed by atoms with Crippen molar-refractivity contribution in [3.63, 3.8) is 0 Å². The van der Waals surface area contributed by atoms with Gasteiger partial charge >= 0.3 is 0 Å². The van der Waals surface area contributed by atoms with Crippen molar-refractivity contribution in [2.75, 3.05) is 0 Å². The van der Waals surface area contributed by atoms with Gasteiger partial charge in [-0.15, -0.1) is 0 Å². The van der Waals surface area contributed by atoms with Gasteiger partial charge < -0.3 is 5.11 Å². The summed E-state index contributed by atoms with van der Waals surface area (Å²) in [6.45, 7) is 12.1. The fourth-order valence-corrected chi connectivity index (χ4v) is 6.19. The minimum absolute atomic E-state index is 0.159. The highest BCUT2D eigenvalue weighted by atomic mass is 16.3. The van der Waals surface area contributed by atoms with Gasteiger partial charge in [-0.1, -0.05) is 196 Å². The molecule has 50 heavy (non-hydrogen) atoms. The first-order valence-electron chi connectivity index (χ1n) is 17.9. The summed E-state index contributed by atoms with van der Waals surface area (Å²) in [7, 11) is 0. The lowest BCUT2D eigenvalue weighted by Crippen LogP contribution is -2.19. The van der Waals surface area contributed by atoms with Crippen LogP contribution in [0.3, 0.4) is 0 Å². The van der Waals surface area contributed by atoms with Crippen LogP contribution in [0.2, 0.25) is 0 Å². The van der Waals surface area contributed by atoms with E-state index in [9.17, 15) is 5.11 Å². The first kappa shape index (κ1) is 37.6. The molecular weight excluding hydrogens is 605 g/mol. The van der Waals surface area contributed by atoms with Crippen LogP contribution in [0.25, 0.3) is 22.3 Å². The van der Waals surface area contributed by atoms with Gasteiger partial charge in [0.25, 0.3) is 0 Å². The van der Waals surface area contributed by atoms with E-state index < -0.39 is 6.10 Å². The van der Waals surface area contributed by atoms with Gasteiger partial charge in [0.05, 0.1) is 6.10 Å². The van der Waals surface area contributed by atoms with E-state index >= 15 is 0 Å². The lowest BCUT2D eigenvalue weighted by Gasteiger charge is -2.24. The number of benzene rings is 5. The number of aliphatic hydroxyl groups is 1. The summed E-state index contributed by atoms with van der Waals surface area (Å²) in [5.41, 5.74) is 12.1. The topological polar surface area (TPSA) is 20.2 Å². The quantitative estimate of drug-likeness (QED) is 0.118. The molecule has 0 spiro atoms. The molecule has 254 valence electrons. The molecule has 1 nitrogen and oxygen atoms in total. The summed E-state index contributed by atoms with van der Waals surface area (Å²) < 4.78 is 0. The van der Waals surface area contributed by atoms with E-state index in [0.29, 0.717) is 6.42 Å². The zero-order valence-corrected chi connectivity index (χ0v) is 30.2. The third-order valence-electron chi connectivity index (χ3n) is 8.73. The molecule has 2 unspecified atom stereocenters. The van der Waals surface area contributed by atoms with Gasteiger partial charge in [-0.2, -0.15) is 0 Å². The Morgan fingerprint density at radius 1 is 0.660 bits per heavy atom. The Bertz CT molecular complexity index is 1870. The largest absolute Gasteiger partial charge is 0.392 e. The average molecular weight is 657 g/mol. The first-order valence-corrected chi connectivity index (χ1v) is 17.9. The molecule has 0 aliphatic carbocycles. The van der Waals surface area contributed by atoms with Crippen LogP contribution >= 0.6 is 0 Å². The third kappa shape index (κ3) is 11.2. The van der Waals surface area contributed by atoms with Gasteiger partial charge in [-0.05, 0) is 89.3 Å². The fourth-order valence-electron chi connectivity index (χ4n) is 6.19. The summed E-state index contributed by atoms with van der Waals surface area (Å²) in [4.78, 5) is 0. The number of aliphatic hydroxyl groups excluding tert-OH is 1. The molecule has 0 aromatic heterocycles. The zero-order chi connectivity index (χ0) is 35.6. The smallest absolute Gasteiger partial charge is 0.0683 e. The summed E-state index contributed by atoms with van der Waals surface area (Å²) in [5, 5.41) is 11.6. The molecule has 0 saturated heterocycles. The predicted molar refractivity (Wildman–Crippen MR) is 218 cm³/mol. The van der Waals surface area contributed by atoms with Gasteiger partial charge in [-0.3, -0.25) is 0 Å². The number of allylic oxidation sites excluding steroid dienone is 8. The van der Waals surface area contributed by atoms with Crippen molar-refractivity contribution in [2.45, 2.75) is 59.0 Å². The summed E-state index contributed by atoms with van der Waals surface area (Å²) in [6.07, 6.45) is 16.0. The maximum atomic E-state index is 11.6. The summed E-state index contributed by atoms with van der Waals surface area (Å²) >= 11 is 0. The normalized spacial score (nSPS) is 13.1. The van der Waals surface area contributed by atoms with E-state index in [-0.39, 0.29) is 5.92 Å². The number of hydrogen-bond donors (Lipinski definition) is 1. The minimum atomic E-state index is -0.575. The molecule has 0 fully saturated rings. The van der Waals surface area contributed by atoms with Gasteiger partial charge in [0, 0.05) is 5.92 Å². The molecule has 0 aliphatic rings. The highest BCUT2D eigenvalue weighted by molar-refractivity contribution is 5.76. The standard InChI is InChI=1S/C47H46O.C2H6/c1-4-5-6-7-17-27-46(48)47(41-23-15-10-16-24-41)45-33-36(2)32-44(35-45)43-26-18-25-42(34-43)40(31-29-38-19-11-8-12-20-38)30-28-37(3)39-21-13-9-14-22-39;1-2/h4-26,28,31-35,46-48H,1,27,29-30H2,2-3H3;1-2H3/b6-5-,17-7-,37-28?,40-31+;. The van der Waals surface area contributed by atoms with Crippen LogP contribution in [0.15, 0.2) is 183 Å².